The van der Waals surface area contributed by atoms with Gasteiger partial charge in [0.15, 0.2) is 0 Å². The minimum atomic E-state index is -0.746. The molecule has 0 aliphatic heterocycles. The highest BCUT2D eigenvalue weighted by Gasteiger charge is 2.16. The van der Waals surface area contributed by atoms with Gasteiger partial charge in [-0.2, -0.15) is 0 Å². The summed E-state index contributed by atoms with van der Waals surface area (Å²) >= 11 is 2.01. The van der Waals surface area contributed by atoms with Crippen molar-refractivity contribution in [1.29, 1.82) is 0 Å². The summed E-state index contributed by atoms with van der Waals surface area (Å²) in [6.07, 6.45) is 0.392. The fraction of sp³-hybridized carbons (Fsp3) is 0.105. The van der Waals surface area contributed by atoms with Crippen molar-refractivity contribution in [3.05, 3.63) is 75.6 Å². The third kappa shape index (κ3) is 3.91. The van der Waals surface area contributed by atoms with Gasteiger partial charge in [-0.05, 0) is 63.5 Å². The lowest BCUT2D eigenvalue weighted by molar-refractivity contribution is -0.117. The molecular formula is C19H16FIN2O. The highest BCUT2D eigenvalue weighted by atomic mass is 127. The first-order valence-corrected chi connectivity index (χ1v) is 8.60. The summed E-state index contributed by atoms with van der Waals surface area (Å²) in [4.78, 5) is 12.2. The highest BCUT2D eigenvalue weighted by Crippen LogP contribution is 2.19. The maximum atomic E-state index is 13.8. The first-order chi connectivity index (χ1) is 11.5. The van der Waals surface area contributed by atoms with E-state index in [4.69, 9.17) is 5.73 Å². The van der Waals surface area contributed by atoms with Crippen LogP contribution in [0.15, 0.2) is 60.7 Å². The zero-order valence-electron chi connectivity index (χ0n) is 12.8. The fourth-order valence-corrected chi connectivity index (χ4v) is 2.98. The third-order valence-corrected chi connectivity index (χ3v) is 4.47. The molecule has 24 heavy (non-hydrogen) atoms. The first kappa shape index (κ1) is 16.9. The van der Waals surface area contributed by atoms with Gasteiger partial charge in [-0.25, -0.2) is 4.39 Å². The SMILES string of the molecule is NC(Cc1ccc2ccccc2c1)C(=O)Nc1ccc(I)cc1F. The van der Waals surface area contributed by atoms with Gasteiger partial charge in [0.25, 0.3) is 0 Å². The second-order valence-corrected chi connectivity index (χ2v) is 6.85. The minimum absolute atomic E-state index is 0.148. The Bertz CT molecular complexity index is 897. The molecule has 0 aliphatic rings. The van der Waals surface area contributed by atoms with E-state index in [-0.39, 0.29) is 5.69 Å². The lowest BCUT2D eigenvalue weighted by atomic mass is 10.0. The van der Waals surface area contributed by atoms with Gasteiger partial charge in [-0.3, -0.25) is 4.79 Å². The largest absolute Gasteiger partial charge is 0.322 e. The molecule has 122 valence electrons. The maximum absolute atomic E-state index is 13.8. The van der Waals surface area contributed by atoms with Gasteiger partial charge in [-0.1, -0.05) is 42.5 Å². The van der Waals surface area contributed by atoms with Crippen molar-refractivity contribution in [3.63, 3.8) is 0 Å². The van der Waals surface area contributed by atoms with Gasteiger partial charge < -0.3 is 11.1 Å². The predicted octanol–water partition coefficient (Wildman–Crippen LogP) is 4.09. The molecule has 0 radical (unpaired) electrons. The van der Waals surface area contributed by atoms with E-state index in [1.165, 1.54) is 12.1 Å². The van der Waals surface area contributed by atoms with Crippen molar-refractivity contribution in [2.75, 3.05) is 5.32 Å². The van der Waals surface area contributed by atoms with E-state index < -0.39 is 17.8 Å². The van der Waals surface area contributed by atoms with Gasteiger partial charge in [-0.15, -0.1) is 0 Å². The van der Waals surface area contributed by atoms with E-state index in [0.717, 1.165) is 19.9 Å². The van der Waals surface area contributed by atoms with E-state index in [2.05, 4.69) is 5.32 Å². The van der Waals surface area contributed by atoms with Crippen LogP contribution in [-0.4, -0.2) is 11.9 Å². The number of amides is 1. The van der Waals surface area contributed by atoms with Crippen LogP contribution in [0.4, 0.5) is 10.1 Å². The second-order valence-electron chi connectivity index (χ2n) is 5.61. The number of nitrogens with one attached hydrogen (secondary N) is 1. The fourth-order valence-electron chi connectivity index (χ4n) is 2.53. The Balaban J connectivity index is 1.70. The van der Waals surface area contributed by atoms with Gasteiger partial charge in [0.1, 0.15) is 5.82 Å². The lowest BCUT2D eigenvalue weighted by Crippen LogP contribution is -2.37. The topological polar surface area (TPSA) is 55.1 Å². The summed E-state index contributed by atoms with van der Waals surface area (Å²) in [7, 11) is 0. The van der Waals surface area contributed by atoms with E-state index in [1.807, 2.05) is 65.1 Å². The number of carbonyl (C=O) groups is 1. The molecule has 0 aromatic heterocycles. The summed E-state index contributed by atoms with van der Waals surface area (Å²) in [5.74, 6) is -0.864. The molecule has 1 unspecified atom stereocenters. The highest BCUT2D eigenvalue weighted by molar-refractivity contribution is 14.1. The predicted molar refractivity (Wildman–Crippen MR) is 103 cm³/mol. The minimum Gasteiger partial charge on any atom is -0.322 e. The van der Waals surface area contributed by atoms with Crippen molar-refractivity contribution >= 4 is 45.0 Å². The molecule has 0 fully saturated rings. The van der Waals surface area contributed by atoms with E-state index in [0.29, 0.717) is 6.42 Å². The van der Waals surface area contributed by atoms with Crippen molar-refractivity contribution < 1.29 is 9.18 Å². The third-order valence-electron chi connectivity index (χ3n) is 3.80. The number of benzene rings is 3. The number of anilines is 1. The molecule has 3 aromatic carbocycles. The Morgan fingerprint density at radius 1 is 1.08 bits per heavy atom. The Kier molecular flexibility index (Phi) is 5.11. The summed E-state index contributed by atoms with van der Waals surface area (Å²) in [6.45, 7) is 0. The van der Waals surface area contributed by atoms with Crippen molar-refractivity contribution in [3.8, 4) is 0 Å². The number of hydrogen-bond acceptors (Lipinski definition) is 2. The van der Waals surface area contributed by atoms with Crippen LogP contribution in [0, 0.1) is 9.39 Å². The van der Waals surface area contributed by atoms with Crippen LogP contribution in [0.5, 0.6) is 0 Å². The van der Waals surface area contributed by atoms with Crippen LogP contribution in [0.1, 0.15) is 5.56 Å². The first-order valence-electron chi connectivity index (χ1n) is 7.52. The normalized spacial score (nSPS) is 12.1. The molecule has 3 N–H and O–H groups in total. The van der Waals surface area contributed by atoms with Crippen LogP contribution in [-0.2, 0) is 11.2 Å². The summed E-state index contributed by atoms with van der Waals surface area (Å²) in [5, 5.41) is 4.79. The van der Waals surface area contributed by atoms with Gasteiger partial charge >= 0.3 is 0 Å². The monoisotopic (exact) mass is 434 g/mol. The van der Waals surface area contributed by atoms with Crippen molar-refractivity contribution in [1.82, 2.24) is 0 Å². The number of nitrogens with two attached hydrogens (primary N) is 1. The van der Waals surface area contributed by atoms with E-state index in [9.17, 15) is 9.18 Å². The summed E-state index contributed by atoms with van der Waals surface area (Å²) in [6, 6.07) is 17.9. The number of carbonyl (C=O) groups excluding carboxylic acids is 1. The maximum Gasteiger partial charge on any atom is 0.241 e. The molecule has 1 atom stereocenters. The lowest BCUT2D eigenvalue weighted by Gasteiger charge is -2.13. The Morgan fingerprint density at radius 3 is 2.58 bits per heavy atom. The average Bonchev–Trinajstić information content (AvgIpc) is 2.57. The molecule has 5 heteroatoms. The van der Waals surface area contributed by atoms with Crippen molar-refractivity contribution in [2.24, 2.45) is 5.73 Å². The van der Waals surface area contributed by atoms with Gasteiger partial charge in [0, 0.05) is 3.57 Å². The molecule has 0 saturated carbocycles. The van der Waals surface area contributed by atoms with Crippen LogP contribution < -0.4 is 11.1 Å². The second kappa shape index (κ2) is 7.27. The van der Waals surface area contributed by atoms with E-state index >= 15 is 0 Å². The van der Waals surface area contributed by atoms with Gasteiger partial charge in [0.2, 0.25) is 5.91 Å². The Hall–Kier alpha value is -1.99. The molecule has 0 bridgehead atoms. The molecule has 3 aromatic rings. The number of fused-ring (bicyclic) bond motifs is 1. The Morgan fingerprint density at radius 2 is 1.83 bits per heavy atom. The van der Waals surface area contributed by atoms with Crippen LogP contribution >= 0.6 is 22.6 Å². The smallest absolute Gasteiger partial charge is 0.241 e. The number of halogens is 2. The molecule has 0 spiro atoms. The molecule has 0 heterocycles. The zero-order valence-corrected chi connectivity index (χ0v) is 15.0. The summed E-state index contributed by atoms with van der Waals surface area (Å²) < 4.78 is 14.6. The molecule has 0 aliphatic carbocycles. The number of hydrogen-bond donors (Lipinski definition) is 2. The molecule has 1 amide bonds. The molecule has 3 nitrogen and oxygen atoms in total. The van der Waals surface area contributed by atoms with E-state index in [1.54, 1.807) is 6.07 Å². The Labute approximate surface area is 153 Å². The standard InChI is InChI=1S/C19H16FIN2O/c20-16-11-15(21)7-8-18(16)23-19(24)17(22)10-12-5-6-13-3-1-2-4-14(13)9-12/h1-9,11,17H,10,22H2,(H,23,24). The molecule has 0 saturated heterocycles. The molecular weight excluding hydrogens is 418 g/mol. The average molecular weight is 434 g/mol. The van der Waals surface area contributed by atoms with Crippen LogP contribution in [0.2, 0.25) is 0 Å². The molecule has 3 rings (SSSR count). The number of rotatable bonds is 4. The van der Waals surface area contributed by atoms with Gasteiger partial charge in [0.05, 0.1) is 11.7 Å². The summed E-state index contributed by atoms with van der Waals surface area (Å²) in [5.41, 5.74) is 7.10. The zero-order chi connectivity index (χ0) is 17.1. The van der Waals surface area contributed by atoms with Crippen LogP contribution in [0.3, 0.4) is 0 Å². The van der Waals surface area contributed by atoms with Crippen LogP contribution in [0.25, 0.3) is 10.8 Å². The van der Waals surface area contributed by atoms with Crippen molar-refractivity contribution in [2.45, 2.75) is 12.5 Å². The quantitative estimate of drug-likeness (QED) is 0.608.